The standard InChI is InChI=1S/C14H16F3N3O/c1-9(3-2-6-18)13(21)20-12-5-4-11(14(15,16)17)7-10(12)8-19/h4-5,7,9H,2-3,6,18H2,1H3,(H,20,21). The first-order valence-electron chi connectivity index (χ1n) is 6.42. The molecule has 0 radical (unpaired) electrons. The molecule has 0 aliphatic carbocycles. The van der Waals surface area contributed by atoms with Crippen LogP contribution in [-0.4, -0.2) is 12.5 Å². The minimum Gasteiger partial charge on any atom is -0.330 e. The van der Waals surface area contributed by atoms with E-state index in [9.17, 15) is 18.0 Å². The van der Waals surface area contributed by atoms with Crippen LogP contribution in [0.15, 0.2) is 18.2 Å². The summed E-state index contributed by atoms with van der Waals surface area (Å²) in [5.41, 5.74) is 4.29. The third-order valence-electron chi connectivity index (χ3n) is 3.01. The molecule has 21 heavy (non-hydrogen) atoms. The van der Waals surface area contributed by atoms with Crippen LogP contribution in [0, 0.1) is 17.2 Å². The Labute approximate surface area is 120 Å². The number of benzene rings is 1. The highest BCUT2D eigenvalue weighted by Gasteiger charge is 2.31. The lowest BCUT2D eigenvalue weighted by Crippen LogP contribution is -2.22. The summed E-state index contributed by atoms with van der Waals surface area (Å²) in [6.07, 6.45) is -3.28. The molecule has 1 atom stereocenters. The van der Waals surface area contributed by atoms with Gasteiger partial charge in [0.1, 0.15) is 6.07 Å². The molecule has 3 N–H and O–H groups in total. The molecular weight excluding hydrogens is 283 g/mol. The third kappa shape index (κ3) is 4.76. The van der Waals surface area contributed by atoms with E-state index in [0.29, 0.717) is 19.4 Å². The predicted octanol–water partition coefficient (Wildman–Crippen LogP) is 2.89. The second kappa shape index (κ2) is 7.09. The fraction of sp³-hybridized carbons (Fsp3) is 0.429. The minimum absolute atomic E-state index is 0.0788. The molecule has 1 aromatic carbocycles. The summed E-state index contributed by atoms with van der Waals surface area (Å²) in [6.45, 7) is 2.16. The van der Waals surface area contributed by atoms with E-state index < -0.39 is 11.7 Å². The largest absolute Gasteiger partial charge is 0.416 e. The van der Waals surface area contributed by atoms with Gasteiger partial charge in [-0.3, -0.25) is 4.79 Å². The maximum atomic E-state index is 12.6. The second-order valence-corrected chi connectivity index (χ2v) is 4.69. The van der Waals surface area contributed by atoms with E-state index in [1.807, 2.05) is 0 Å². The second-order valence-electron chi connectivity index (χ2n) is 4.69. The van der Waals surface area contributed by atoms with E-state index in [-0.39, 0.29) is 23.1 Å². The summed E-state index contributed by atoms with van der Waals surface area (Å²) in [5.74, 6) is -0.679. The minimum atomic E-state index is -4.53. The number of nitrogens with one attached hydrogen (secondary N) is 1. The number of hydrogen-bond acceptors (Lipinski definition) is 3. The van der Waals surface area contributed by atoms with E-state index >= 15 is 0 Å². The van der Waals surface area contributed by atoms with Crippen molar-refractivity contribution in [3.05, 3.63) is 29.3 Å². The van der Waals surface area contributed by atoms with Gasteiger partial charge in [0, 0.05) is 5.92 Å². The van der Waals surface area contributed by atoms with Crippen molar-refractivity contribution in [1.29, 1.82) is 5.26 Å². The number of rotatable bonds is 5. The molecule has 1 rings (SSSR count). The van der Waals surface area contributed by atoms with Gasteiger partial charge < -0.3 is 11.1 Å². The quantitative estimate of drug-likeness (QED) is 0.877. The lowest BCUT2D eigenvalue weighted by molar-refractivity contribution is -0.137. The summed E-state index contributed by atoms with van der Waals surface area (Å²) in [4.78, 5) is 11.9. The summed E-state index contributed by atoms with van der Waals surface area (Å²) in [6, 6.07) is 4.31. The summed E-state index contributed by atoms with van der Waals surface area (Å²) < 4.78 is 37.7. The van der Waals surface area contributed by atoms with E-state index in [0.717, 1.165) is 18.2 Å². The molecule has 0 aliphatic heterocycles. The van der Waals surface area contributed by atoms with Crippen LogP contribution in [0.25, 0.3) is 0 Å². The molecule has 4 nitrogen and oxygen atoms in total. The van der Waals surface area contributed by atoms with Crippen LogP contribution in [0.5, 0.6) is 0 Å². The Hall–Kier alpha value is -2.07. The molecular formula is C14H16F3N3O. The van der Waals surface area contributed by atoms with Gasteiger partial charge in [0.15, 0.2) is 0 Å². The molecule has 1 aromatic rings. The Balaban J connectivity index is 2.90. The Morgan fingerprint density at radius 3 is 2.67 bits per heavy atom. The Morgan fingerprint density at radius 2 is 2.14 bits per heavy atom. The normalized spacial score (nSPS) is 12.6. The smallest absolute Gasteiger partial charge is 0.330 e. The number of nitrogens with zero attached hydrogens (tertiary/aromatic N) is 1. The summed E-state index contributed by atoms with van der Waals surface area (Å²) in [5, 5.41) is 11.4. The number of nitriles is 1. The van der Waals surface area contributed by atoms with Gasteiger partial charge in [-0.1, -0.05) is 6.92 Å². The van der Waals surface area contributed by atoms with Crippen molar-refractivity contribution < 1.29 is 18.0 Å². The van der Waals surface area contributed by atoms with Crippen molar-refractivity contribution in [1.82, 2.24) is 0 Å². The topological polar surface area (TPSA) is 78.9 Å². The molecule has 0 saturated heterocycles. The first-order valence-corrected chi connectivity index (χ1v) is 6.42. The highest BCUT2D eigenvalue weighted by atomic mass is 19.4. The van der Waals surface area contributed by atoms with Crippen molar-refractivity contribution in [3.8, 4) is 6.07 Å². The monoisotopic (exact) mass is 299 g/mol. The molecule has 0 aliphatic rings. The molecule has 0 heterocycles. The van der Waals surface area contributed by atoms with Gasteiger partial charge in [0.05, 0.1) is 16.8 Å². The lowest BCUT2D eigenvalue weighted by atomic mass is 10.0. The maximum absolute atomic E-state index is 12.6. The molecule has 0 fully saturated rings. The molecule has 1 amide bonds. The zero-order valence-corrected chi connectivity index (χ0v) is 11.5. The van der Waals surface area contributed by atoms with Gasteiger partial charge in [-0.15, -0.1) is 0 Å². The van der Waals surface area contributed by atoms with Crippen LogP contribution < -0.4 is 11.1 Å². The molecule has 1 unspecified atom stereocenters. The number of carbonyl (C=O) groups is 1. The van der Waals surface area contributed by atoms with E-state index in [1.165, 1.54) is 0 Å². The highest BCUT2D eigenvalue weighted by Crippen LogP contribution is 2.31. The van der Waals surface area contributed by atoms with Crippen molar-refractivity contribution in [2.45, 2.75) is 25.9 Å². The van der Waals surface area contributed by atoms with Gasteiger partial charge in [0.25, 0.3) is 0 Å². The van der Waals surface area contributed by atoms with Gasteiger partial charge in [-0.05, 0) is 37.6 Å². The van der Waals surface area contributed by atoms with E-state index in [2.05, 4.69) is 5.32 Å². The van der Waals surface area contributed by atoms with Crippen LogP contribution in [-0.2, 0) is 11.0 Å². The average molecular weight is 299 g/mol. The molecule has 114 valence electrons. The zero-order chi connectivity index (χ0) is 16.0. The van der Waals surface area contributed by atoms with Crippen LogP contribution >= 0.6 is 0 Å². The number of alkyl halides is 3. The van der Waals surface area contributed by atoms with Gasteiger partial charge in [-0.2, -0.15) is 18.4 Å². The summed E-state index contributed by atoms with van der Waals surface area (Å²) in [7, 11) is 0. The molecule has 0 aromatic heterocycles. The fourth-order valence-corrected chi connectivity index (χ4v) is 1.73. The number of carbonyl (C=O) groups excluding carboxylic acids is 1. The van der Waals surface area contributed by atoms with Crippen LogP contribution in [0.2, 0.25) is 0 Å². The third-order valence-corrected chi connectivity index (χ3v) is 3.01. The van der Waals surface area contributed by atoms with E-state index in [4.69, 9.17) is 11.0 Å². The van der Waals surface area contributed by atoms with Crippen LogP contribution in [0.4, 0.5) is 18.9 Å². The molecule has 0 spiro atoms. The number of hydrogen-bond donors (Lipinski definition) is 2. The Bertz CT molecular complexity index is 549. The molecule has 7 heteroatoms. The van der Waals surface area contributed by atoms with Gasteiger partial charge in [-0.25, -0.2) is 0 Å². The molecule has 0 saturated carbocycles. The number of halogens is 3. The predicted molar refractivity (Wildman–Crippen MR) is 72.2 cm³/mol. The van der Waals surface area contributed by atoms with Gasteiger partial charge in [0.2, 0.25) is 5.91 Å². The maximum Gasteiger partial charge on any atom is 0.416 e. The Kier molecular flexibility index (Phi) is 5.73. The Morgan fingerprint density at radius 1 is 1.48 bits per heavy atom. The van der Waals surface area contributed by atoms with E-state index in [1.54, 1.807) is 13.0 Å². The highest BCUT2D eigenvalue weighted by molar-refractivity contribution is 5.93. The van der Waals surface area contributed by atoms with Crippen molar-refractivity contribution in [2.24, 2.45) is 11.7 Å². The first kappa shape index (κ1) is 17.0. The van der Waals surface area contributed by atoms with Crippen molar-refractivity contribution in [3.63, 3.8) is 0 Å². The SMILES string of the molecule is CC(CCCN)C(=O)Nc1ccc(C(F)(F)F)cc1C#N. The summed E-state index contributed by atoms with van der Waals surface area (Å²) >= 11 is 0. The number of amides is 1. The lowest BCUT2D eigenvalue weighted by Gasteiger charge is -2.14. The molecule has 0 bridgehead atoms. The van der Waals surface area contributed by atoms with Crippen LogP contribution in [0.1, 0.15) is 30.9 Å². The zero-order valence-electron chi connectivity index (χ0n) is 11.5. The number of nitrogens with two attached hydrogens (primary N) is 1. The fourth-order valence-electron chi connectivity index (χ4n) is 1.73. The van der Waals surface area contributed by atoms with Crippen LogP contribution in [0.3, 0.4) is 0 Å². The number of anilines is 1. The van der Waals surface area contributed by atoms with Crippen molar-refractivity contribution >= 4 is 11.6 Å². The average Bonchev–Trinajstić information content (AvgIpc) is 2.43. The van der Waals surface area contributed by atoms with Crippen molar-refractivity contribution in [2.75, 3.05) is 11.9 Å². The van der Waals surface area contributed by atoms with Gasteiger partial charge >= 0.3 is 6.18 Å². The first-order chi connectivity index (χ1) is 9.79.